The van der Waals surface area contributed by atoms with Gasteiger partial charge < -0.3 is 5.32 Å². The molecular formula is C11H15ClFN. The zero-order valence-electron chi connectivity index (χ0n) is 8.48. The molecule has 1 aromatic carbocycles. The summed E-state index contributed by atoms with van der Waals surface area (Å²) < 4.78 is 13.2. The highest BCUT2D eigenvalue weighted by Crippen LogP contribution is 2.23. The minimum absolute atomic E-state index is 0.188. The van der Waals surface area contributed by atoms with Crippen molar-refractivity contribution in [3.63, 3.8) is 0 Å². The van der Waals surface area contributed by atoms with Gasteiger partial charge in [0.1, 0.15) is 5.82 Å². The van der Waals surface area contributed by atoms with Crippen molar-refractivity contribution in [3.8, 4) is 0 Å². The van der Waals surface area contributed by atoms with Gasteiger partial charge in [-0.2, -0.15) is 0 Å². The fourth-order valence-electron chi connectivity index (χ4n) is 1.51. The summed E-state index contributed by atoms with van der Waals surface area (Å²) in [5.74, 6) is 0.0190. The molecule has 0 aliphatic heterocycles. The SMILES string of the molecule is CCC(CNC)c1ccc(Cl)c(F)c1. The first-order valence-electron chi connectivity index (χ1n) is 4.78. The lowest BCUT2D eigenvalue weighted by Crippen LogP contribution is -2.16. The van der Waals surface area contributed by atoms with E-state index in [-0.39, 0.29) is 10.8 Å². The van der Waals surface area contributed by atoms with Crippen LogP contribution in [0.25, 0.3) is 0 Å². The molecule has 1 unspecified atom stereocenters. The molecule has 1 atom stereocenters. The lowest BCUT2D eigenvalue weighted by Gasteiger charge is -2.14. The highest BCUT2D eigenvalue weighted by Gasteiger charge is 2.10. The van der Waals surface area contributed by atoms with E-state index in [0.29, 0.717) is 5.92 Å². The van der Waals surface area contributed by atoms with Crippen LogP contribution < -0.4 is 5.32 Å². The summed E-state index contributed by atoms with van der Waals surface area (Å²) in [5, 5.41) is 3.28. The van der Waals surface area contributed by atoms with Crippen molar-refractivity contribution in [1.82, 2.24) is 5.32 Å². The zero-order valence-corrected chi connectivity index (χ0v) is 9.24. The van der Waals surface area contributed by atoms with Gasteiger partial charge in [-0.1, -0.05) is 24.6 Å². The molecule has 0 bridgehead atoms. The molecule has 0 saturated heterocycles. The van der Waals surface area contributed by atoms with E-state index in [1.54, 1.807) is 6.07 Å². The molecule has 0 saturated carbocycles. The quantitative estimate of drug-likeness (QED) is 0.814. The van der Waals surface area contributed by atoms with Gasteiger partial charge in [-0.3, -0.25) is 0 Å². The van der Waals surface area contributed by atoms with Crippen LogP contribution in [0, 0.1) is 5.82 Å². The van der Waals surface area contributed by atoms with Crippen LogP contribution in [0.4, 0.5) is 4.39 Å². The predicted octanol–water partition coefficient (Wildman–Crippen LogP) is 3.19. The summed E-state index contributed by atoms with van der Waals surface area (Å²) in [4.78, 5) is 0. The number of benzene rings is 1. The Morgan fingerprint density at radius 3 is 2.71 bits per heavy atom. The molecule has 0 radical (unpaired) electrons. The summed E-state index contributed by atoms with van der Waals surface area (Å²) in [7, 11) is 1.90. The maximum absolute atomic E-state index is 13.2. The molecule has 0 aromatic heterocycles. The van der Waals surface area contributed by atoms with Crippen LogP contribution in [-0.2, 0) is 0 Å². The molecule has 0 spiro atoms. The van der Waals surface area contributed by atoms with Crippen molar-refractivity contribution in [2.45, 2.75) is 19.3 Å². The van der Waals surface area contributed by atoms with E-state index in [4.69, 9.17) is 11.6 Å². The van der Waals surface area contributed by atoms with Crippen LogP contribution in [0.1, 0.15) is 24.8 Å². The molecule has 1 rings (SSSR count). The summed E-state index contributed by atoms with van der Waals surface area (Å²) >= 11 is 5.61. The average molecular weight is 216 g/mol. The number of likely N-dealkylation sites (N-methyl/N-ethyl adjacent to an activating group) is 1. The van der Waals surface area contributed by atoms with Crippen molar-refractivity contribution >= 4 is 11.6 Å². The van der Waals surface area contributed by atoms with Gasteiger partial charge in [-0.25, -0.2) is 4.39 Å². The van der Waals surface area contributed by atoms with Crippen molar-refractivity contribution in [2.75, 3.05) is 13.6 Å². The largest absolute Gasteiger partial charge is 0.319 e. The van der Waals surface area contributed by atoms with Crippen LogP contribution in [-0.4, -0.2) is 13.6 Å². The molecule has 0 amide bonds. The van der Waals surface area contributed by atoms with Crippen molar-refractivity contribution in [1.29, 1.82) is 0 Å². The summed E-state index contributed by atoms with van der Waals surface area (Å²) in [6.07, 6.45) is 0.988. The zero-order chi connectivity index (χ0) is 10.6. The summed E-state index contributed by atoms with van der Waals surface area (Å²) in [6.45, 7) is 2.95. The Bertz CT molecular complexity index is 301. The normalized spacial score (nSPS) is 12.9. The molecule has 0 fully saturated rings. The fourth-order valence-corrected chi connectivity index (χ4v) is 1.63. The third kappa shape index (κ3) is 2.69. The first-order chi connectivity index (χ1) is 6.69. The second kappa shape index (κ2) is 5.32. The lowest BCUT2D eigenvalue weighted by molar-refractivity contribution is 0.593. The Morgan fingerprint density at radius 2 is 2.21 bits per heavy atom. The molecule has 1 nitrogen and oxygen atoms in total. The molecule has 1 aromatic rings. The Kier molecular flexibility index (Phi) is 4.36. The average Bonchev–Trinajstić information content (AvgIpc) is 2.19. The summed E-state index contributed by atoms with van der Waals surface area (Å²) in [6, 6.07) is 5.02. The Balaban J connectivity index is 2.88. The Hall–Kier alpha value is -0.600. The van der Waals surface area contributed by atoms with Crippen LogP contribution >= 0.6 is 11.6 Å². The monoisotopic (exact) mass is 215 g/mol. The smallest absolute Gasteiger partial charge is 0.142 e. The molecule has 0 aliphatic carbocycles. The minimum Gasteiger partial charge on any atom is -0.319 e. The van der Waals surface area contributed by atoms with E-state index in [0.717, 1.165) is 18.5 Å². The topological polar surface area (TPSA) is 12.0 Å². The van der Waals surface area contributed by atoms with Crippen molar-refractivity contribution in [2.24, 2.45) is 0 Å². The summed E-state index contributed by atoms with van der Waals surface area (Å²) in [5.41, 5.74) is 1.00. The maximum atomic E-state index is 13.2. The molecule has 14 heavy (non-hydrogen) atoms. The van der Waals surface area contributed by atoms with Crippen LogP contribution in [0.3, 0.4) is 0 Å². The van der Waals surface area contributed by atoms with Gasteiger partial charge >= 0.3 is 0 Å². The van der Waals surface area contributed by atoms with Gasteiger partial charge in [0, 0.05) is 6.54 Å². The van der Waals surface area contributed by atoms with Gasteiger partial charge in [0.2, 0.25) is 0 Å². The molecule has 3 heteroatoms. The Labute approximate surface area is 89.3 Å². The maximum Gasteiger partial charge on any atom is 0.142 e. The van der Waals surface area contributed by atoms with Crippen LogP contribution in [0.5, 0.6) is 0 Å². The third-order valence-corrected chi connectivity index (χ3v) is 2.66. The molecule has 0 heterocycles. The van der Waals surface area contributed by atoms with E-state index in [1.165, 1.54) is 6.07 Å². The van der Waals surface area contributed by atoms with E-state index >= 15 is 0 Å². The van der Waals surface area contributed by atoms with Gasteiger partial charge in [-0.15, -0.1) is 0 Å². The van der Waals surface area contributed by atoms with Gasteiger partial charge in [0.15, 0.2) is 0 Å². The van der Waals surface area contributed by atoms with Gasteiger partial charge in [0.25, 0.3) is 0 Å². The number of hydrogen-bond donors (Lipinski definition) is 1. The number of halogens is 2. The number of nitrogens with one attached hydrogen (secondary N) is 1. The second-order valence-electron chi connectivity index (χ2n) is 3.34. The minimum atomic E-state index is -0.335. The molecule has 0 aliphatic rings. The van der Waals surface area contributed by atoms with E-state index in [9.17, 15) is 4.39 Å². The third-order valence-electron chi connectivity index (χ3n) is 2.36. The van der Waals surface area contributed by atoms with Crippen molar-refractivity contribution in [3.05, 3.63) is 34.6 Å². The predicted molar refractivity (Wildman–Crippen MR) is 58.4 cm³/mol. The molecule has 78 valence electrons. The standard InChI is InChI=1S/C11H15ClFN/c1-3-8(7-14-2)9-4-5-10(12)11(13)6-9/h4-6,8,14H,3,7H2,1-2H3. The molecular weight excluding hydrogens is 201 g/mol. The van der Waals surface area contributed by atoms with E-state index < -0.39 is 0 Å². The van der Waals surface area contributed by atoms with Gasteiger partial charge in [-0.05, 0) is 37.1 Å². The number of rotatable bonds is 4. The van der Waals surface area contributed by atoms with Crippen LogP contribution in [0.2, 0.25) is 5.02 Å². The first kappa shape index (κ1) is 11.5. The van der Waals surface area contributed by atoms with E-state index in [1.807, 2.05) is 13.1 Å². The number of hydrogen-bond acceptors (Lipinski definition) is 1. The highest BCUT2D eigenvalue weighted by atomic mass is 35.5. The van der Waals surface area contributed by atoms with Gasteiger partial charge in [0.05, 0.1) is 5.02 Å². The Morgan fingerprint density at radius 1 is 1.50 bits per heavy atom. The second-order valence-corrected chi connectivity index (χ2v) is 3.74. The fraction of sp³-hybridized carbons (Fsp3) is 0.455. The van der Waals surface area contributed by atoms with Crippen molar-refractivity contribution < 1.29 is 4.39 Å². The lowest BCUT2D eigenvalue weighted by atomic mass is 9.96. The first-order valence-corrected chi connectivity index (χ1v) is 5.16. The van der Waals surface area contributed by atoms with Crippen LogP contribution in [0.15, 0.2) is 18.2 Å². The van der Waals surface area contributed by atoms with E-state index in [2.05, 4.69) is 12.2 Å². The highest BCUT2D eigenvalue weighted by molar-refractivity contribution is 6.30. The molecule has 1 N–H and O–H groups in total.